The number of piperazine rings is 1. The Labute approximate surface area is 186 Å². The lowest BCUT2D eigenvalue weighted by Gasteiger charge is -2.34. The lowest BCUT2D eigenvalue weighted by Crippen LogP contribution is -2.48. The molecule has 0 bridgehead atoms. The van der Waals surface area contributed by atoms with Crippen molar-refractivity contribution in [2.24, 2.45) is 0 Å². The van der Waals surface area contributed by atoms with E-state index in [-0.39, 0.29) is 5.91 Å². The standard InChI is InChI=1S/C23H23ClN6O/c1-17-3-2-4-20(25-17)26-21-10-11-22(28-27-21)29-13-15-30(16-14-29)23(31)12-7-18-5-8-19(24)9-6-18/h2-12H,13-16H2,1H3,(H,25,26,27)/b12-7+. The van der Waals surface area contributed by atoms with E-state index < -0.39 is 0 Å². The predicted octanol–water partition coefficient (Wildman–Crippen LogP) is 3.94. The number of halogens is 1. The highest BCUT2D eigenvalue weighted by atomic mass is 35.5. The summed E-state index contributed by atoms with van der Waals surface area (Å²) in [5, 5.41) is 12.4. The zero-order valence-electron chi connectivity index (χ0n) is 17.2. The number of hydrogen-bond acceptors (Lipinski definition) is 6. The van der Waals surface area contributed by atoms with Crippen molar-refractivity contribution < 1.29 is 4.79 Å². The molecule has 3 heterocycles. The Morgan fingerprint density at radius 3 is 2.42 bits per heavy atom. The van der Waals surface area contributed by atoms with Crippen molar-refractivity contribution in [1.29, 1.82) is 0 Å². The highest BCUT2D eigenvalue weighted by molar-refractivity contribution is 6.30. The third-order valence-corrected chi connectivity index (χ3v) is 5.25. The molecule has 7 nitrogen and oxygen atoms in total. The molecular formula is C23H23ClN6O. The molecule has 2 aromatic heterocycles. The van der Waals surface area contributed by atoms with Crippen molar-refractivity contribution in [1.82, 2.24) is 20.1 Å². The molecule has 0 atom stereocenters. The smallest absolute Gasteiger partial charge is 0.246 e. The summed E-state index contributed by atoms with van der Waals surface area (Å²) in [6.45, 7) is 4.64. The van der Waals surface area contributed by atoms with Crippen molar-refractivity contribution in [3.05, 3.63) is 77.0 Å². The predicted molar refractivity (Wildman–Crippen MR) is 124 cm³/mol. The molecule has 1 saturated heterocycles. The van der Waals surface area contributed by atoms with Crippen LogP contribution >= 0.6 is 11.6 Å². The molecule has 31 heavy (non-hydrogen) atoms. The maximum absolute atomic E-state index is 12.5. The fraction of sp³-hybridized carbons (Fsp3) is 0.217. The molecule has 8 heteroatoms. The van der Waals surface area contributed by atoms with Crippen molar-refractivity contribution in [3.8, 4) is 0 Å². The zero-order chi connectivity index (χ0) is 21.6. The Bertz CT molecular complexity index is 1060. The fourth-order valence-corrected chi connectivity index (χ4v) is 3.43. The Kier molecular flexibility index (Phi) is 6.43. The number of nitrogens with one attached hydrogen (secondary N) is 1. The number of anilines is 3. The molecule has 0 spiro atoms. The summed E-state index contributed by atoms with van der Waals surface area (Å²) in [7, 11) is 0. The van der Waals surface area contributed by atoms with Gasteiger partial charge in [-0.25, -0.2) is 4.98 Å². The molecule has 3 aromatic rings. The van der Waals surface area contributed by atoms with E-state index in [1.54, 1.807) is 6.08 Å². The summed E-state index contributed by atoms with van der Waals surface area (Å²) in [6.07, 6.45) is 3.42. The Hall–Kier alpha value is -3.45. The van der Waals surface area contributed by atoms with E-state index in [2.05, 4.69) is 25.4 Å². The van der Waals surface area contributed by atoms with Crippen LogP contribution in [0.15, 0.2) is 60.7 Å². The number of aromatic nitrogens is 3. The second-order valence-corrected chi connectivity index (χ2v) is 7.70. The molecule has 4 rings (SSSR count). The van der Waals surface area contributed by atoms with E-state index in [1.807, 2.05) is 72.5 Å². The van der Waals surface area contributed by atoms with E-state index in [0.29, 0.717) is 37.0 Å². The van der Waals surface area contributed by atoms with Crippen molar-refractivity contribution in [3.63, 3.8) is 0 Å². The monoisotopic (exact) mass is 434 g/mol. The molecular weight excluding hydrogens is 412 g/mol. The van der Waals surface area contributed by atoms with Crippen LogP contribution in [-0.4, -0.2) is 52.2 Å². The van der Waals surface area contributed by atoms with Gasteiger partial charge in [0.05, 0.1) is 0 Å². The summed E-state index contributed by atoms with van der Waals surface area (Å²) in [5.74, 6) is 2.18. The van der Waals surface area contributed by atoms with Gasteiger partial charge in [-0.2, -0.15) is 0 Å². The quantitative estimate of drug-likeness (QED) is 0.613. The molecule has 1 amide bonds. The van der Waals surface area contributed by atoms with Gasteiger partial charge < -0.3 is 15.1 Å². The Morgan fingerprint density at radius 1 is 0.968 bits per heavy atom. The van der Waals surface area contributed by atoms with E-state index in [0.717, 1.165) is 22.9 Å². The van der Waals surface area contributed by atoms with Gasteiger partial charge in [-0.05, 0) is 55.0 Å². The third kappa shape index (κ3) is 5.58. The van der Waals surface area contributed by atoms with Crippen molar-refractivity contribution in [2.75, 3.05) is 36.4 Å². The second-order valence-electron chi connectivity index (χ2n) is 7.26. The molecule has 1 N–H and O–H groups in total. The molecule has 0 saturated carbocycles. The number of carbonyl (C=O) groups is 1. The minimum atomic E-state index is 0.00545. The topological polar surface area (TPSA) is 74.2 Å². The fourth-order valence-electron chi connectivity index (χ4n) is 3.31. The lowest BCUT2D eigenvalue weighted by molar-refractivity contribution is -0.126. The average Bonchev–Trinajstić information content (AvgIpc) is 2.79. The van der Waals surface area contributed by atoms with Crippen LogP contribution in [0.3, 0.4) is 0 Å². The number of pyridine rings is 1. The summed E-state index contributed by atoms with van der Waals surface area (Å²) in [5.41, 5.74) is 1.88. The van der Waals surface area contributed by atoms with Crippen molar-refractivity contribution in [2.45, 2.75) is 6.92 Å². The largest absolute Gasteiger partial charge is 0.352 e. The van der Waals surface area contributed by atoms with Gasteiger partial charge in [-0.3, -0.25) is 4.79 Å². The Balaban J connectivity index is 1.30. The highest BCUT2D eigenvalue weighted by Crippen LogP contribution is 2.17. The number of hydrogen-bond donors (Lipinski definition) is 1. The van der Waals surface area contributed by atoms with Gasteiger partial charge in [0.2, 0.25) is 5.91 Å². The van der Waals surface area contributed by atoms with E-state index >= 15 is 0 Å². The number of amides is 1. The molecule has 158 valence electrons. The van der Waals surface area contributed by atoms with E-state index in [9.17, 15) is 4.79 Å². The number of nitrogens with zero attached hydrogens (tertiary/aromatic N) is 5. The van der Waals surface area contributed by atoms with Crippen LogP contribution < -0.4 is 10.2 Å². The van der Waals surface area contributed by atoms with Crippen LogP contribution in [0.1, 0.15) is 11.3 Å². The third-order valence-electron chi connectivity index (χ3n) is 5.00. The minimum absolute atomic E-state index is 0.00545. The maximum Gasteiger partial charge on any atom is 0.246 e. The molecule has 0 unspecified atom stereocenters. The van der Waals surface area contributed by atoms with Crippen LogP contribution in [0, 0.1) is 6.92 Å². The first-order valence-corrected chi connectivity index (χ1v) is 10.5. The first-order chi connectivity index (χ1) is 15.1. The van der Waals surface area contributed by atoms with Gasteiger partial charge in [0, 0.05) is 43.0 Å². The summed E-state index contributed by atoms with van der Waals surface area (Å²) >= 11 is 5.89. The molecule has 1 aliphatic heterocycles. The Morgan fingerprint density at radius 2 is 1.74 bits per heavy atom. The summed E-state index contributed by atoms with van der Waals surface area (Å²) in [4.78, 5) is 20.9. The molecule has 0 aliphatic carbocycles. The molecule has 1 aromatic carbocycles. The summed E-state index contributed by atoms with van der Waals surface area (Å²) in [6, 6.07) is 17.0. The molecule has 1 fully saturated rings. The van der Waals surface area contributed by atoms with Gasteiger partial charge in [0.15, 0.2) is 11.6 Å². The first kappa shape index (κ1) is 20.8. The van der Waals surface area contributed by atoms with E-state index in [4.69, 9.17) is 11.6 Å². The van der Waals surface area contributed by atoms with E-state index in [1.165, 1.54) is 0 Å². The van der Waals surface area contributed by atoms with Gasteiger partial charge in [0.1, 0.15) is 5.82 Å². The normalized spacial score (nSPS) is 14.1. The lowest BCUT2D eigenvalue weighted by atomic mass is 10.2. The maximum atomic E-state index is 12.5. The SMILES string of the molecule is Cc1cccc(Nc2ccc(N3CCN(C(=O)/C=C/c4ccc(Cl)cc4)CC3)nn2)n1. The highest BCUT2D eigenvalue weighted by Gasteiger charge is 2.20. The van der Waals surface area contributed by atoms with Gasteiger partial charge in [-0.15, -0.1) is 10.2 Å². The molecule has 0 radical (unpaired) electrons. The zero-order valence-corrected chi connectivity index (χ0v) is 18.0. The van der Waals surface area contributed by atoms with Crippen LogP contribution in [0.2, 0.25) is 5.02 Å². The number of carbonyl (C=O) groups excluding carboxylic acids is 1. The van der Waals surface area contributed by atoms with Crippen molar-refractivity contribution >= 4 is 41.0 Å². The number of benzene rings is 1. The van der Waals surface area contributed by atoms with Crippen LogP contribution in [0.5, 0.6) is 0 Å². The van der Waals surface area contributed by atoms with Crippen LogP contribution in [0.25, 0.3) is 6.08 Å². The average molecular weight is 435 g/mol. The van der Waals surface area contributed by atoms with Crippen LogP contribution in [0.4, 0.5) is 17.5 Å². The summed E-state index contributed by atoms with van der Waals surface area (Å²) < 4.78 is 0. The van der Waals surface area contributed by atoms with Crippen LogP contribution in [-0.2, 0) is 4.79 Å². The second kappa shape index (κ2) is 9.57. The van der Waals surface area contributed by atoms with Gasteiger partial charge in [0.25, 0.3) is 0 Å². The van der Waals surface area contributed by atoms with Gasteiger partial charge in [-0.1, -0.05) is 29.8 Å². The van der Waals surface area contributed by atoms with Gasteiger partial charge >= 0.3 is 0 Å². The number of rotatable bonds is 5. The number of aryl methyl sites for hydroxylation is 1. The first-order valence-electron chi connectivity index (χ1n) is 10.1. The minimum Gasteiger partial charge on any atom is -0.352 e. The molecule has 1 aliphatic rings.